The summed E-state index contributed by atoms with van der Waals surface area (Å²) in [5, 5.41) is 16.9. The number of fused-ring (bicyclic) bond motifs is 1. The molecule has 0 saturated heterocycles. The predicted molar refractivity (Wildman–Crippen MR) is 118 cm³/mol. The lowest BCUT2D eigenvalue weighted by Gasteiger charge is -2.20. The fourth-order valence-corrected chi connectivity index (χ4v) is 3.58. The summed E-state index contributed by atoms with van der Waals surface area (Å²) in [5.41, 5.74) is 16.6. The van der Waals surface area contributed by atoms with Gasteiger partial charge >= 0.3 is 5.97 Å². The lowest BCUT2D eigenvalue weighted by molar-refractivity contribution is -0.134. The Labute approximate surface area is 179 Å². The molecule has 1 aromatic heterocycles. The van der Waals surface area contributed by atoms with Crippen LogP contribution in [0.2, 0.25) is 0 Å². The maximum Gasteiger partial charge on any atom is 0.336 e. The summed E-state index contributed by atoms with van der Waals surface area (Å²) in [7, 11) is 0. The van der Waals surface area contributed by atoms with Crippen molar-refractivity contribution in [3.63, 3.8) is 0 Å². The van der Waals surface area contributed by atoms with E-state index in [1.54, 1.807) is 18.3 Å². The zero-order chi connectivity index (χ0) is 22.5. The van der Waals surface area contributed by atoms with E-state index in [2.05, 4.69) is 14.9 Å². The van der Waals surface area contributed by atoms with E-state index in [0.717, 1.165) is 47.8 Å². The van der Waals surface area contributed by atoms with Crippen LogP contribution in [0.25, 0.3) is 11.1 Å². The molecule has 0 atom stereocenters. The topological polar surface area (TPSA) is 156 Å². The van der Waals surface area contributed by atoms with Gasteiger partial charge < -0.3 is 26.6 Å². The normalized spacial score (nSPS) is 12.0. The Morgan fingerprint density at radius 3 is 2.42 bits per heavy atom. The van der Waals surface area contributed by atoms with Gasteiger partial charge in [-0.15, -0.1) is 0 Å². The summed E-state index contributed by atoms with van der Waals surface area (Å²) < 4.78 is 0. The van der Waals surface area contributed by atoms with Crippen molar-refractivity contribution in [3.05, 3.63) is 65.4 Å². The summed E-state index contributed by atoms with van der Waals surface area (Å²) in [5.74, 6) is -1.22. The molecule has 0 saturated carbocycles. The van der Waals surface area contributed by atoms with Crippen molar-refractivity contribution in [2.24, 2.45) is 0 Å². The van der Waals surface area contributed by atoms with Crippen molar-refractivity contribution < 1.29 is 19.8 Å². The molecule has 0 radical (unpaired) electrons. The molecule has 2 aromatic carbocycles. The number of carboxylic acids is 2. The van der Waals surface area contributed by atoms with E-state index in [-0.39, 0.29) is 5.95 Å². The number of carbonyl (C=O) groups is 2. The van der Waals surface area contributed by atoms with Crippen LogP contribution >= 0.6 is 0 Å². The molecular formula is C22H23N5O4. The molecule has 0 bridgehead atoms. The molecule has 9 heteroatoms. The van der Waals surface area contributed by atoms with Crippen molar-refractivity contribution in [1.82, 2.24) is 9.97 Å². The van der Waals surface area contributed by atoms with E-state index < -0.39 is 11.9 Å². The van der Waals surface area contributed by atoms with Crippen LogP contribution in [0.5, 0.6) is 0 Å². The molecule has 6 N–H and O–H groups in total. The SMILES string of the molecule is CC(=O)O.Nc1ncc(CN2CCc3c(-c4ccccc4C(=O)O)cccc32)c(N)n1. The number of aliphatic carboxylic acids is 1. The molecule has 0 fully saturated rings. The predicted octanol–water partition coefficient (Wildman–Crippen LogP) is 2.66. The minimum absolute atomic E-state index is 0.158. The van der Waals surface area contributed by atoms with Crippen LogP contribution in [-0.2, 0) is 17.8 Å². The van der Waals surface area contributed by atoms with Crippen LogP contribution in [0, 0.1) is 0 Å². The minimum atomic E-state index is -0.926. The molecule has 1 aliphatic rings. The Morgan fingerprint density at radius 2 is 1.74 bits per heavy atom. The third-order valence-corrected chi connectivity index (χ3v) is 4.85. The highest BCUT2D eigenvalue weighted by atomic mass is 16.4. The van der Waals surface area contributed by atoms with E-state index in [1.807, 2.05) is 30.3 Å². The van der Waals surface area contributed by atoms with Gasteiger partial charge in [-0.1, -0.05) is 30.3 Å². The highest BCUT2D eigenvalue weighted by Crippen LogP contribution is 2.38. The van der Waals surface area contributed by atoms with Gasteiger partial charge in [-0.2, -0.15) is 4.98 Å². The average molecular weight is 421 g/mol. The van der Waals surface area contributed by atoms with Crippen molar-refractivity contribution in [1.29, 1.82) is 0 Å². The number of carboxylic acid groups (broad SMARTS) is 2. The standard InChI is InChI=1S/C20H19N5O2.C2H4O2/c21-18-12(10-23-20(22)24-18)11-25-9-8-15-13(6-3-7-17(15)25)14-4-1-2-5-16(14)19(26)27;1-2(3)4/h1-7,10H,8-9,11H2,(H,26,27)(H4,21,22,23,24);1H3,(H,3,4). The molecule has 0 aliphatic carbocycles. The molecule has 2 heterocycles. The number of nitrogens with two attached hydrogens (primary N) is 2. The van der Waals surface area contributed by atoms with Crippen LogP contribution < -0.4 is 16.4 Å². The molecule has 3 aromatic rings. The van der Waals surface area contributed by atoms with Crippen LogP contribution in [0.15, 0.2) is 48.7 Å². The maximum atomic E-state index is 11.6. The van der Waals surface area contributed by atoms with E-state index in [4.69, 9.17) is 21.4 Å². The zero-order valence-electron chi connectivity index (χ0n) is 16.9. The molecule has 160 valence electrons. The Kier molecular flexibility index (Phi) is 6.35. The summed E-state index contributed by atoms with van der Waals surface area (Å²) in [6, 6.07) is 13.1. The molecular weight excluding hydrogens is 398 g/mol. The second kappa shape index (κ2) is 9.12. The average Bonchev–Trinajstić information content (AvgIpc) is 3.12. The zero-order valence-corrected chi connectivity index (χ0v) is 16.9. The number of anilines is 3. The lowest BCUT2D eigenvalue weighted by Crippen LogP contribution is -2.21. The smallest absolute Gasteiger partial charge is 0.336 e. The first-order valence-corrected chi connectivity index (χ1v) is 9.54. The number of nitrogen functional groups attached to an aromatic ring is 2. The van der Waals surface area contributed by atoms with Crippen molar-refractivity contribution in [2.75, 3.05) is 22.9 Å². The number of aromatic nitrogens is 2. The number of hydrogen-bond donors (Lipinski definition) is 4. The first-order valence-electron chi connectivity index (χ1n) is 9.54. The van der Waals surface area contributed by atoms with Crippen LogP contribution in [0.4, 0.5) is 17.5 Å². The molecule has 9 nitrogen and oxygen atoms in total. The second-order valence-corrected chi connectivity index (χ2v) is 6.98. The van der Waals surface area contributed by atoms with Gasteiger partial charge in [-0.3, -0.25) is 4.79 Å². The molecule has 0 amide bonds. The Hall–Kier alpha value is -4.14. The highest BCUT2D eigenvalue weighted by molar-refractivity contribution is 5.97. The van der Waals surface area contributed by atoms with Gasteiger partial charge in [0.25, 0.3) is 5.97 Å². The van der Waals surface area contributed by atoms with Crippen LogP contribution in [-0.4, -0.2) is 38.7 Å². The summed E-state index contributed by atoms with van der Waals surface area (Å²) in [4.78, 5) is 30.9. The third-order valence-electron chi connectivity index (χ3n) is 4.85. The summed E-state index contributed by atoms with van der Waals surface area (Å²) >= 11 is 0. The highest BCUT2D eigenvalue weighted by Gasteiger charge is 2.24. The Balaban J connectivity index is 0.000000628. The third kappa shape index (κ3) is 4.89. The molecule has 0 unspecified atom stereocenters. The second-order valence-electron chi connectivity index (χ2n) is 6.98. The van der Waals surface area contributed by atoms with E-state index in [1.165, 1.54) is 0 Å². The van der Waals surface area contributed by atoms with Gasteiger partial charge in [0.05, 0.1) is 5.56 Å². The van der Waals surface area contributed by atoms with Gasteiger partial charge in [0, 0.05) is 37.5 Å². The Bertz CT molecular complexity index is 1130. The fourth-order valence-electron chi connectivity index (χ4n) is 3.58. The molecule has 31 heavy (non-hydrogen) atoms. The van der Waals surface area contributed by atoms with Gasteiger partial charge in [0.15, 0.2) is 0 Å². The van der Waals surface area contributed by atoms with Gasteiger partial charge in [0.1, 0.15) is 5.82 Å². The first-order chi connectivity index (χ1) is 14.8. The molecule has 4 rings (SSSR count). The number of aromatic carboxylic acids is 1. The molecule has 0 spiro atoms. The van der Waals surface area contributed by atoms with Crippen LogP contribution in [0.3, 0.4) is 0 Å². The number of rotatable bonds is 4. The van der Waals surface area contributed by atoms with Crippen LogP contribution in [0.1, 0.15) is 28.4 Å². The fraction of sp³-hybridized carbons (Fsp3) is 0.182. The van der Waals surface area contributed by atoms with E-state index in [0.29, 0.717) is 17.9 Å². The van der Waals surface area contributed by atoms with Gasteiger partial charge in [-0.05, 0) is 35.2 Å². The quantitative estimate of drug-likeness (QED) is 0.497. The maximum absolute atomic E-state index is 11.6. The summed E-state index contributed by atoms with van der Waals surface area (Å²) in [6.07, 6.45) is 2.48. The number of nitrogens with zero attached hydrogens (tertiary/aromatic N) is 3. The Morgan fingerprint density at radius 1 is 1.06 bits per heavy atom. The summed E-state index contributed by atoms with van der Waals surface area (Å²) in [6.45, 7) is 2.47. The van der Waals surface area contributed by atoms with E-state index in [9.17, 15) is 9.90 Å². The number of benzene rings is 2. The first kappa shape index (κ1) is 21.6. The number of hydrogen-bond acceptors (Lipinski definition) is 7. The van der Waals surface area contributed by atoms with Crippen molar-refractivity contribution in [2.45, 2.75) is 19.9 Å². The van der Waals surface area contributed by atoms with Crippen molar-refractivity contribution in [3.8, 4) is 11.1 Å². The van der Waals surface area contributed by atoms with Crippen molar-refractivity contribution >= 4 is 29.4 Å². The molecule has 1 aliphatic heterocycles. The largest absolute Gasteiger partial charge is 0.481 e. The monoisotopic (exact) mass is 421 g/mol. The van der Waals surface area contributed by atoms with Gasteiger partial charge in [0.2, 0.25) is 5.95 Å². The lowest BCUT2D eigenvalue weighted by atomic mass is 9.94. The minimum Gasteiger partial charge on any atom is -0.481 e. The van der Waals surface area contributed by atoms with E-state index >= 15 is 0 Å². The van der Waals surface area contributed by atoms with Gasteiger partial charge in [-0.25, -0.2) is 9.78 Å².